The Labute approximate surface area is 98.1 Å². The number of benzene rings is 1. The quantitative estimate of drug-likeness (QED) is 0.767. The molecule has 0 aliphatic carbocycles. The first-order chi connectivity index (χ1) is 8.31. The van der Waals surface area contributed by atoms with Crippen molar-refractivity contribution < 1.29 is 4.79 Å². The van der Waals surface area contributed by atoms with Crippen LogP contribution in [-0.2, 0) is 0 Å². The van der Waals surface area contributed by atoms with E-state index in [9.17, 15) is 4.79 Å². The lowest BCUT2D eigenvalue weighted by Gasteiger charge is -2.07. The van der Waals surface area contributed by atoms with Gasteiger partial charge in [-0.25, -0.2) is 4.79 Å². The zero-order valence-electron chi connectivity index (χ0n) is 8.97. The summed E-state index contributed by atoms with van der Waals surface area (Å²) in [6.07, 6.45) is 1.67. The van der Waals surface area contributed by atoms with Crippen LogP contribution in [0, 0.1) is 11.3 Å². The molecule has 1 heterocycles. The summed E-state index contributed by atoms with van der Waals surface area (Å²) in [6, 6.07) is 10.7. The SMILES string of the molecule is N#CCNC(=O)Nc1cccc2cccnc12. The van der Waals surface area contributed by atoms with Gasteiger partial charge in [-0.2, -0.15) is 5.26 Å². The Hall–Kier alpha value is -2.61. The number of amides is 2. The molecule has 5 nitrogen and oxygen atoms in total. The van der Waals surface area contributed by atoms with Crippen LogP contribution in [0.15, 0.2) is 36.5 Å². The number of hydrogen-bond acceptors (Lipinski definition) is 3. The number of rotatable bonds is 2. The summed E-state index contributed by atoms with van der Waals surface area (Å²) in [7, 11) is 0. The number of urea groups is 1. The standard InChI is InChI=1S/C12H10N4O/c13-6-8-15-12(17)16-10-5-1-3-9-4-2-7-14-11(9)10/h1-5,7H,8H2,(H2,15,16,17). The van der Waals surface area contributed by atoms with Crippen LogP contribution in [0.4, 0.5) is 10.5 Å². The van der Waals surface area contributed by atoms with Crippen LogP contribution in [0.25, 0.3) is 10.9 Å². The van der Waals surface area contributed by atoms with E-state index >= 15 is 0 Å². The van der Waals surface area contributed by atoms with E-state index in [1.165, 1.54) is 0 Å². The first-order valence-electron chi connectivity index (χ1n) is 5.07. The van der Waals surface area contributed by atoms with Crippen LogP contribution in [-0.4, -0.2) is 17.6 Å². The van der Waals surface area contributed by atoms with Crippen LogP contribution in [0.1, 0.15) is 0 Å². The molecule has 0 bridgehead atoms. The summed E-state index contributed by atoms with van der Waals surface area (Å²) in [5, 5.41) is 14.4. The number of para-hydroxylation sites is 1. The molecule has 0 radical (unpaired) electrons. The fraction of sp³-hybridized carbons (Fsp3) is 0.0833. The highest BCUT2D eigenvalue weighted by Gasteiger charge is 2.04. The number of nitrogens with zero attached hydrogens (tertiary/aromatic N) is 2. The molecule has 2 N–H and O–H groups in total. The largest absolute Gasteiger partial charge is 0.325 e. The molecular weight excluding hydrogens is 216 g/mol. The number of nitrogens with one attached hydrogen (secondary N) is 2. The molecule has 5 heteroatoms. The Kier molecular flexibility index (Phi) is 3.17. The van der Waals surface area contributed by atoms with Crippen LogP contribution in [0.2, 0.25) is 0 Å². The van der Waals surface area contributed by atoms with Gasteiger partial charge < -0.3 is 10.6 Å². The average molecular weight is 226 g/mol. The smallest absolute Gasteiger partial charge is 0.320 e. The van der Waals surface area contributed by atoms with Gasteiger partial charge in [0.1, 0.15) is 6.54 Å². The van der Waals surface area contributed by atoms with Gasteiger partial charge in [0, 0.05) is 11.6 Å². The summed E-state index contributed by atoms with van der Waals surface area (Å²) in [4.78, 5) is 15.6. The molecule has 1 aromatic carbocycles. The number of carbonyl (C=O) groups is 1. The summed E-state index contributed by atoms with van der Waals surface area (Å²) in [5.41, 5.74) is 1.35. The van der Waals surface area contributed by atoms with Gasteiger partial charge in [0.2, 0.25) is 0 Å². The molecule has 2 amide bonds. The highest BCUT2D eigenvalue weighted by Crippen LogP contribution is 2.20. The number of pyridine rings is 1. The van der Waals surface area contributed by atoms with Crippen LogP contribution in [0.3, 0.4) is 0 Å². The topological polar surface area (TPSA) is 77.8 Å². The monoisotopic (exact) mass is 226 g/mol. The highest BCUT2D eigenvalue weighted by molar-refractivity contribution is 5.99. The van der Waals surface area contributed by atoms with Gasteiger partial charge in [0.05, 0.1) is 17.3 Å². The van der Waals surface area contributed by atoms with Crippen LogP contribution in [0.5, 0.6) is 0 Å². The Morgan fingerprint density at radius 2 is 2.18 bits per heavy atom. The molecule has 1 aromatic heterocycles. The maximum Gasteiger partial charge on any atom is 0.320 e. The number of aromatic nitrogens is 1. The Balaban J connectivity index is 2.24. The number of fused-ring (bicyclic) bond motifs is 1. The minimum atomic E-state index is -0.412. The van der Waals surface area contributed by atoms with E-state index in [-0.39, 0.29) is 6.54 Å². The van der Waals surface area contributed by atoms with Gasteiger partial charge in [-0.05, 0) is 12.1 Å². The van der Waals surface area contributed by atoms with Crippen molar-refractivity contribution in [3.63, 3.8) is 0 Å². The Morgan fingerprint density at radius 3 is 3.00 bits per heavy atom. The Bertz CT molecular complexity index is 583. The number of anilines is 1. The van der Waals surface area contributed by atoms with Crippen molar-refractivity contribution in [3.8, 4) is 6.07 Å². The van der Waals surface area contributed by atoms with E-state index in [1.807, 2.05) is 30.3 Å². The first-order valence-corrected chi connectivity index (χ1v) is 5.07. The summed E-state index contributed by atoms with van der Waals surface area (Å²) in [5.74, 6) is 0. The van der Waals surface area contributed by atoms with Crippen molar-refractivity contribution in [2.45, 2.75) is 0 Å². The van der Waals surface area contributed by atoms with Gasteiger partial charge >= 0.3 is 6.03 Å². The van der Waals surface area contributed by atoms with E-state index in [1.54, 1.807) is 12.3 Å². The molecule has 0 fully saturated rings. The fourth-order valence-corrected chi connectivity index (χ4v) is 1.49. The molecule has 2 aromatic rings. The van der Waals surface area contributed by atoms with Crippen molar-refractivity contribution in [1.29, 1.82) is 5.26 Å². The third kappa shape index (κ3) is 2.49. The first kappa shape index (κ1) is 10.9. The maximum atomic E-state index is 11.4. The molecular formula is C12H10N4O. The lowest BCUT2D eigenvalue weighted by molar-refractivity contribution is 0.253. The van der Waals surface area contributed by atoms with E-state index in [2.05, 4.69) is 15.6 Å². The minimum absolute atomic E-state index is 0.0238. The third-order valence-corrected chi connectivity index (χ3v) is 2.21. The molecule has 84 valence electrons. The molecule has 0 unspecified atom stereocenters. The van der Waals surface area contributed by atoms with Gasteiger partial charge in [-0.15, -0.1) is 0 Å². The molecule has 0 aliphatic heterocycles. The van der Waals surface area contributed by atoms with Crippen molar-refractivity contribution in [1.82, 2.24) is 10.3 Å². The van der Waals surface area contributed by atoms with Crippen molar-refractivity contribution in [3.05, 3.63) is 36.5 Å². The number of nitriles is 1. The van der Waals surface area contributed by atoms with Crippen LogP contribution < -0.4 is 10.6 Å². The van der Waals surface area contributed by atoms with E-state index < -0.39 is 6.03 Å². The fourth-order valence-electron chi connectivity index (χ4n) is 1.49. The molecule has 0 saturated heterocycles. The number of hydrogen-bond donors (Lipinski definition) is 2. The van der Waals surface area contributed by atoms with Gasteiger partial charge in [-0.1, -0.05) is 18.2 Å². The predicted molar refractivity (Wildman–Crippen MR) is 64.4 cm³/mol. The molecule has 0 atom stereocenters. The second-order valence-corrected chi connectivity index (χ2v) is 3.35. The zero-order chi connectivity index (χ0) is 12.1. The van der Waals surface area contributed by atoms with Crippen molar-refractivity contribution in [2.24, 2.45) is 0 Å². The molecule has 0 spiro atoms. The molecule has 2 rings (SSSR count). The molecule has 0 saturated carbocycles. The minimum Gasteiger partial charge on any atom is -0.325 e. The van der Waals surface area contributed by atoms with Gasteiger partial charge in [0.15, 0.2) is 0 Å². The molecule has 0 aliphatic rings. The predicted octanol–water partition coefficient (Wildman–Crippen LogP) is 1.88. The van der Waals surface area contributed by atoms with Crippen LogP contribution >= 0.6 is 0 Å². The van der Waals surface area contributed by atoms with Crippen molar-refractivity contribution in [2.75, 3.05) is 11.9 Å². The normalized spacial score (nSPS) is 9.59. The summed E-state index contributed by atoms with van der Waals surface area (Å²) in [6.45, 7) is -0.0238. The van der Waals surface area contributed by atoms with Gasteiger partial charge in [-0.3, -0.25) is 4.98 Å². The zero-order valence-corrected chi connectivity index (χ0v) is 8.97. The van der Waals surface area contributed by atoms with Crippen molar-refractivity contribution >= 4 is 22.6 Å². The average Bonchev–Trinajstić information content (AvgIpc) is 2.37. The lowest BCUT2D eigenvalue weighted by atomic mass is 10.2. The lowest BCUT2D eigenvalue weighted by Crippen LogP contribution is -2.28. The number of carbonyl (C=O) groups excluding carboxylic acids is 1. The Morgan fingerprint density at radius 1 is 1.35 bits per heavy atom. The molecule has 17 heavy (non-hydrogen) atoms. The van der Waals surface area contributed by atoms with E-state index in [0.717, 1.165) is 10.9 Å². The van der Waals surface area contributed by atoms with E-state index in [0.29, 0.717) is 5.69 Å². The summed E-state index contributed by atoms with van der Waals surface area (Å²) < 4.78 is 0. The second-order valence-electron chi connectivity index (χ2n) is 3.35. The van der Waals surface area contributed by atoms with E-state index in [4.69, 9.17) is 5.26 Å². The highest BCUT2D eigenvalue weighted by atomic mass is 16.2. The van der Waals surface area contributed by atoms with Gasteiger partial charge in [0.25, 0.3) is 0 Å². The maximum absolute atomic E-state index is 11.4. The second kappa shape index (κ2) is 4.94. The third-order valence-electron chi connectivity index (χ3n) is 2.21. The summed E-state index contributed by atoms with van der Waals surface area (Å²) >= 11 is 0.